The van der Waals surface area contributed by atoms with E-state index in [4.69, 9.17) is 12.2 Å². The lowest BCUT2D eigenvalue weighted by Gasteiger charge is -2.03. The van der Waals surface area contributed by atoms with E-state index in [1.54, 1.807) is 0 Å². The van der Waals surface area contributed by atoms with Crippen LogP contribution in [-0.2, 0) is 0 Å². The van der Waals surface area contributed by atoms with Crippen molar-refractivity contribution < 1.29 is 0 Å². The molecule has 0 saturated heterocycles. The van der Waals surface area contributed by atoms with Gasteiger partial charge in [-0.05, 0) is 26.3 Å². The number of allylic oxidation sites excluding steroid dienone is 2. The summed E-state index contributed by atoms with van der Waals surface area (Å²) in [7, 11) is 1.90. The second kappa shape index (κ2) is 3.62. The number of hydrogen-bond acceptors (Lipinski definition) is 2. The van der Waals surface area contributed by atoms with Crippen molar-refractivity contribution in [2.45, 2.75) is 20.8 Å². The van der Waals surface area contributed by atoms with E-state index in [0.717, 1.165) is 10.6 Å². The molecule has 0 aliphatic carbocycles. The fourth-order valence-corrected chi connectivity index (χ4v) is 0.605. The summed E-state index contributed by atoms with van der Waals surface area (Å²) in [6.07, 6.45) is 0. The fraction of sp³-hybridized carbons (Fsp3) is 0.571. The van der Waals surface area contributed by atoms with Crippen LogP contribution in [0.4, 0.5) is 0 Å². The first kappa shape index (κ1) is 8.63. The molecule has 9 heavy (non-hydrogen) atoms. The Morgan fingerprint density at radius 1 is 1.22 bits per heavy atom. The number of nitrogens with one attached hydrogen (secondary N) is 1. The summed E-state index contributed by atoms with van der Waals surface area (Å²) in [4.78, 5) is 0.960. The van der Waals surface area contributed by atoms with E-state index >= 15 is 0 Å². The Hall–Kier alpha value is -0.370. The average Bonchev–Trinajstić information content (AvgIpc) is 1.84. The third kappa shape index (κ3) is 2.61. The number of hydrogen-bond donors (Lipinski definition) is 1. The highest BCUT2D eigenvalue weighted by Gasteiger charge is 1.94. The standard InChI is InChI=1S/C7H13NS/c1-5(7(3)9)6(2)8-4/h8H,1-4H3. The van der Waals surface area contributed by atoms with Crippen molar-refractivity contribution in [2.75, 3.05) is 7.05 Å². The Labute approximate surface area is 62.1 Å². The molecule has 0 saturated carbocycles. The van der Waals surface area contributed by atoms with Crippen LogP contribution in [0.3, 0.4) is 0 Å². The van der Waals surface area contributed by atoms with Crippen molar-refractivity contribution >= 4 is 17.1 Å². The molecule has 0 aliphatic rings. The van der Waals surface area contributed by atoms with E-state index in [1.165, 1.54) is 5.57 Å². The highest BCUT2D eigenvalue weighted by molar-refractivity contribution is 7.80. The molecule has 0 aromatic heterocycles. The van der Waals surface area contributed by atoms with Crippen LogP contribution in [0, 0.1) is 0 Å². The van der Waals surface area contributed by atoms with Crippen molar-refractivity contribution in [3.8, 4) is 0 Å². The minimum absolute atomic E-state index is 0.960. The van der Waals surface area contributed by atoms with Crippen LogP contribution in [0.5, 0.6) is 0 Å². The topological polar surface area (TPSA) is 12.0 Å². The molecule has 1 N–H and O–H groups in total. The van der Waals surface area contributed by atoms with Crippen LogP contribution in [-0.4, -0.2) is 11.9 Å². The Morgan fingerprint density at radius 2 is 1.67 bits per heavy atom. The zero-order valence-corrected chi connectivity index (χ0v) is 7.22. The summed E-state index contributed by atoms with van der Waals surface area (Å²) in [6, 6.07) is 0. The Kier molecular flexibility index (Phi) is 3.47. The van der Waals surface area contributed by atoms with E-state index in [1.807, 2.05) is 27.8 Å². The number of rotatable bonds is 2. The average molecular weight is 143 g/mol. The molecular formula is C7H13NS. The fourth-order valence-electron chi connectivity index (χ4n) is 0.452. The van der Waals surface area contributed by atoms with Gasteiger partial charge in [0.25, 0.3) is 0 Å². The minimum atomic E-state index is 0.960. The van der Waals surface area contributed by atoms with E-state index < -0.39 is 0 Å². The molecule has 0 unspecified atom stereocenters. The van der Waals surface area contributed by atoms with Crippen molar-refractivity contribution in [2.24, 2.45) is 0 Å². The molecule has 0 spiro atoms. The summed E-state index contributed by atoms with van der Waals surface area (Å²) in [5.41, 5.74) is 2.33. The second-order valence-electron chi connectivity index (χ2n) is 2.06. The first-order chi connectivity index (χ1) is 4.09. The molecule has 0 aromatic carbocycles. The molecule has 0 fully saturated rings. The molecule has 0 amide bonds. The van der Waals surface area contributed by atoms with Crippen LogP contribution >= 0.6 is 12.2 Å². The van der Waals surface area contributed by atoms with Gasteiger partial charge in [0.2, 0.25) is 0 Å². The van der Waals surface area contributed by atoms with E-state index in [-0.39, 0.29) is 0 Å². The summed E-state index contributed by atoms with van der Waals surface area (Å²) in [5.74, 6) is 0. The molecule has 0 radical (unpaired) electrons. The van der Waals surface area contributed by atoms with Gasteiger partial charge in [-0.15, -0.1) is 0 Å². The van der Waals surface area contributed by atoms with Crippen LogP contribution in [0.25, 0.3) is 0 Å². The van der Waals surface area contributed by atoms with Gasteiger partial charge < -0.3 is 5.32 Å². The Morgan fingerprint density at radius 3 is 1.78 bits per heavy atom. The quantitative estimate of drug-likeness (QED) is 0.468. The molecule has 52 valence electrons. The minimum Gasteiger partial charge on any atom is -0.391 e. The van der Waals surface area contributed by atoms with Gasteiger partial charge in [0.05, 0.1) is 0 Å². The zero-order chi connectivity index (χ0) is 7.44. The molecule has 0 aromatic rings. The van der Waals surface area contributed by atoms with Crippen molar-refractivity contribution in [1.82, 2.24) is 5.32 Å². The van der Waals surface area contributed by atoms with E-state index in [2.05, 4.69) is 5.32 Å². The van der Waals surface area contributed by atoms with Gasteiger partial charge in [0.15, 0.2) is 0 Å². The third-order valence-electron chi connectivity index (χ3n) is 1.47. The zero-order valence-electron chi connectivity index (χ0n) is 6.41. The van der Waals surface area contributed by atoms with Gasteiger partial charge in [0, 0.05) is 17.6 Å². The van der Waals surface area contributed by atoms with Crippen LogP contribution in [0.1, 0.15) is 20.8 Å². The first-order valence-electron chi connectivity index (χ1n) is 2.95. The Balaban J connectivity index is 4.28. The predicted molar refractivity (Wildman–Crippen MR) is 45.7 cm³/mol. The van der Waals surface area contributed by atoms with Crippen molar-refractivity contribution in [3.63, 3.8) is 0 Å². The molecule has 0 heterocycles. The third-order valence-corrected chi connectivity index (χ3v) is 1.77. The summed E-state index contributed by atoms with van der Waals surface area (Å²) in [5, 5.41) is 3.04. The summed E-state index contributed by atoms with van der Waals surface area (Å²) in [6.45, 7) is 5.98. The largest absolute Gasteiger partial charge is 0.391 e. The van der Waals surface area contributed by atoms with Gasteiger partial charge in [0.1, 0.15) is 0 Å². The molecule has 1 nitrogen and oxygen atoms in total. The number of thiocarbonyl (C=S) groups is 1. The van der Waals surface area contributed by atoms with Crippen LogP contribution < -0.4 is 5.32 Å². The molecular weight excluding hydrogens is 130 g/mol. The van der Waals surface area contributed by atoms with Crippen LogP contribution in [0.15, 0.2) is 11.3 Å². The first-order valence-corrected chi connectivity index (χ1v) is 3.36. The molecule has 0 bridgehead atoms. The maximum Gasteiger partial charge on any atom is 0.0167 e. The van der Waals surface area contributed by atoms with Gasteiger partial charge in [-0.2, -0.15) is 0 Å². The molecule has 0 rings (SSSR count). The monoisotopic (exact) mass is 143 g/mol. The maximum atomic E-state index is 4.96. The molecule has 0 atom stereocenters. The smallest absolute Gasteiger partial charge is 0.0167 e. The van der Waals surface area contributed by atoms with Crippen molar-refractivity contribution in [1.29, 1.82) is 0 Å². The van der Waals surface area contributed by atoms with Gasteiger partial charge in [-0.3, -0.25) is 0 Å². The molecule has 2 heteroatoms. The molecule has 0 aliphatic heterocycles. The lowest BCUT2D eigenvalue weighted by molar-refractivity contribution is 0.975. The highest BCUT2D eigenvalue weighted by Crippen LogP contribution is 2.01. The van der Waals surface area contributed by atoms with E-state index in [0.29, 0.717) is 0 Å². The SMILES string of the molecule is CNC(C)=C(C)C(C)=S. The lowest BCUT2D eigenvalue weighted by Crippen LogP contribution is -2.07. The highest BCUT2D eigenvalue weighted by atomic mass is 32.1. The summed E-state index contributed by atoms with van der Waals surface area (Å²) >= 11 is 4.96. The van der Waals surface area contributed by atoms with Gasteiger partial charge >= 0.3 is 0 Å². The maximum absolute atomic E-state index is 4.96. The van der Waals surface area contributed by atoms with Crippen molar-refractivity contribution in [3.05, 3.63) is 11.3 Å². The summed E-state index contributed by atoms with van der Waals surface area (Å²) < 4.78 is 0. The van der Waals surface area contributed by atoms with E-state index in [9.17, 15) is 0 Å². The lowest BCUT2D eigenvalue weighted by atomic mass is 10.2. The normalized spacial score (nSPS) is 12.4. The van der Waals surface area contributed by atoms with Crippen LogP contribution in [0.2, 0.25) is 0 Å². The second-order valence-corrected chi connectivity index (χ2v) is 2.67. The van der Waals surface area contributed by atoms with Gasteiger partial charge in [-0.1, -0.05) is 12.2 Å². The van der Waals surface area contributed by atoms with Gasteiger partial charge in [-0.25, -0.2) is 0 Å². The Bertz CT molecular complexity index is 147. The predicted octanol–water partition coefficient (Wildman–Crippen LogP) is 1.89.